The van der Waals surface area contributed by atoms with Gasteiger partial charge < -0.3 is 10.2 Å². The van der Waals surface area contributed by atoms with Gasteiger partial charge in [-0.05, 0) is 19.8 Å². The summed E-state index contributed by atoms with van der Waals surface area (Å²) in [5, 5.41) is 11.5. The number of likely N-dealkylation sites (tertiary alicyclic amines) is 1. The molecule has 0 aromatic heterocycles. The normalized spacial score (nSPS) is 20.0. The molecule has 1 rings (SSSR count). The third kappa shape index (κ3) is 3.33. The van der Waals surface area contributed by atoms with Gasteiger partial charge in [-0.15, -0.1) is 0 Å². The van der Waals surface area contributed by atoms with E-state index < -0.39 is 0 Å². The molecule has 1 amide bonds. The zero-order valence-corrected chi connectivity index (χ0v) is 8.82. The third-order valence-electron chi connectivity index (χ3n) is 2.37. The lowest BCUT2D eigenvalue weighted by atomic mass is 10.2. The van der Waals surface area contributed by atoms with Gasteiger partial charge in [-0.25, -0.2) is 0 Å². The fourth-order valence-electron chi connectivity index (χ4n) is 1.65. The van der Waals surface area contributed by atoms with E-state index in [9.17, 15) is 9.59 Å². The molecule has 1 N–H and O–H groups in total. The second-order valence-electron chi connectivity index (χ2n) is 3.68. The maximum atomic E-state index is 11.6. The molecule has 0 unspecified atom stereocenters. The van der Waals surface area contributed by atoms with Gasteiger partial charge in [0.15, 0.2) is 0 Å². The van der Waals surface area contributed by atoms with Crippen molar-refractivity contribution in [2.24, 2.45) is 0 Å². The number of nitrogens with zero attached hydrogens (tertiary/aromatic N) is 2. The number of hydrogen-bond acceptors (Lipinski definition) is 4. The predicted molar refractivity (Wildman–Crippen MR) is 53.9 cm³/mol. The summed E-state index contributed by atoms with van der Waals surface area (Å²) in [7, 11) is 0. The van der Waals surface area contributed by atoms with Crippen LogP contribution < -0.4 is 5.32 Å². The Morgan fingerprint density at radius 1 is 1.53 bits per heavy atom. The van der Waals surface area contributed by atoms with Gasteiger partial charge >= 0.3 is 0 Å². The Bertz CT molecular complexity index is 296. The van der Waals surface area contributed by atoms with Crippen LogP contribution in [-0.4, -0.2) is 42.3 Å². The van der Waals surface area contributed by atoms with Gasteiger partial charge in [0.1, 0.15) is 11.8 Å². The Hall–Kier alpha value is -1.41. The van der Waals surface area contributed by atoms with Crippen molar-refractivity contribution in [2.75, 3.05) is 19.6 Å². The van der Waals surface area contributed by atoms with E-state index in [4.69, 9.17) is 5.26 Å². The lowest BCUT2D eigenvalue weighted by Crippen LogP contribution is -2.41. The summed E-state index contributed by atoms with van der Waals surface area (Å²) in [5.74, 6) is -0.0960. The molecule has 0 aliphatic carbocycles. The summed E-state index contributed by atoms with van der Waals surface area (Å²) in [6, 6.07) is 1.82. The van der Waals surface area contributed by atoms with Crippen LogP contribution in [0.3, 0.4) is 0 Å². The van der Waals surface area contributed by atoms with Crippen LogP contribution in [0.25, 0.3) is 0 Å². The first-order chi connectivity index (χ1) is 7.15. The fourth-order valence-corrected chi connectivity index (χ4v) is 1.65. The maximum Gasteiger partial charge on any atom is 0.237 e. The molecule has 0 saturated carbocycles. The molecule has 0 aromatic rings. The van der Waals surface area contributed by atoms with E-state index in [-0.39, 0.29) is 30.8 Å². The Morgan fingerprint density at radius 2 is 2.27 bits per heavy atom. The molecule has 82 valence electrons. The number of rotatable bonds is 4. The Morgan fingerprint density at radius 3 is 2.87 bits per heavy atom. The highest BCUT2D eigenvalue weighted by Gasteiger charge is 2.27. The average molecular weight is 209 g/mol. The number of carbonyl (C=O) groups is 2. The van der Waals surface area contributed by atoms with Gasteiger partial charge in [-0.1, -0.05) is 0 Å². The summed E-state index contributed by atoms with van der Waals surface area (Å²) in [6.07, 6.45) is 1.64. The van der Waals surface area contributed by atoms with Crippen LogP contribution in [0.15, 0.2) is 0 Å². The number of ketones is 1. The molecular weight excluding hydrogens is 194 g/mol. The van der Waals surface area contributed by atoms with Gasteiger partial charge in [0.25, 0.3) is 0 Å². The topological polar surface area (TPSA) is 73.2 Å². The van der Waals surface area contributed by atoms with Crippen LogP contribution in [-0.2, 0) is 9.59 Å². The highest BCUT2D eigenvalue weighted by Crippen LogP contribution is 2.15. The molecule has 5 heteroatoms. The zero-order chi connectivity index (χ0) is 11.3. The molecule has 15 heavy (non-hydrogen) atoms. The Kier molecular flexibility index (Phi) is 4.25. The van der Waals surface area contributed by atoms with E-state index in [1.165, 1.54) is 6.92 Å². The summed E-state index contributed by atoms with van der Waals surface area (Å²) in [4.78, 5) is 23.8. The second-order valence-corrected chi connectivity index (χ2v) is 3.68. The fraction of sp³-hybridized carbons (Fsp3) is 0.700. The zero-order valence-electron chi connectivity index (χ0n) is 8.82. The van der Waals surface area contributed by atoms with Crippen molar-refractivity contribution in [1.29, 1.82) is 5.26 Å². The van der Waals surface area contributed by atoms with Crippen molar-refractivity contribution in [2.45, 2.75) is 25.8 Å². The van der Waals surface area contributed by atoms with Crippen molar-refractivity contribution >= 4 is 11.7 Å². The number of hydrogen-bond donors (Lipinski definition) is 1. The Labute approximate surface area is 89.0 Å². The number of nitrogens with one attached hydrogen (secondary N) is 1. The largest absolute Gasteiger partial charge is 0.326 e. The standard InChI is InChI=1S/C10H15N3O2/c1-8(14)6-12-7-10(15)13-4-2-3-9(13)5-11/h9,12H,2-4,6-7H2,1H3/t9-/m0/s1. The number of carbonyl (C=O) groups excluding carboxylic acids is 2. The molecule has 0 bridgehead atoms. The van der Waals surface area contributed by atoms with Crippen LogP contribution in [0.2, 0.25) is 0 Å². The van der Waals surface area contributed by atoms with Crippen LogP contribution >= 0.6 is 0 Å². The van der Waals surface area contributed by atoms with E-state index in [0.29, 0.717) is 6.54 Å². The molecule has 1 atom stereocenters. The van der Waals surface area contributed by atoms with E-state index >= 15 is 0 Å². The van der Waals surface area contributed by atoms with Crippen LogP contribution in [0.1, 0.15) is 19.8 Å². The van der Waals surface area contributed by atoms with Gasteiger partial charge in [0.05, 0.1) is 19.2 Å². The van der Waals surface area contributed by atoms with Gasteiger partial charge in [-0.2, -0.15) is 5.26 Å². The minimum Gasteiger partial charge on any atom is -0.326 e. The van der Waals surface area contributed by atoms with Crippen LogP contribution in [0.4, 0.5) is 0 Å². The van der Waals surface area contributed by atoms with Crippen molar-refractivity contribution in [1.82, 2.24) is 10.2 Å². The number of Topliss-reactive ketones (excluding diaryl/α,β-unsaturated/α-hetero) is 1. The van der Waals surface area contributed by atoms with Gasteiger partial charge in [0.2, 0.25) is 5.91 Å². The smallest absolute Gasteiger partial charge is 0.237 e. The summed E-state index contributed by atoms with van der Waals surface area (Å²) in [5.41, 5.74) is 0. The quantitative estimate of drug-likeness (QED) is 0.688. The van der Waals surface area contributed by atoms with E-state index in [2.05, 4.69) is 11.4 Å². The monoisotopic (exact) mass is 209 g/mol. The summed E-state index contributed by atoms with van der Waals surface area (Å²) in [6.45, 7) is 2.46. The first-order valence-corrected chi connectivity index (χ1v) is 5.04. The molecular formula is C10H15N3O2. The Balaban J connectivity index is 2.34. The van der Waals surface area contributed by atoms with Gasteiger partial charge in [0, 0.05) is 6.54 Å². The third-order valence-corrected chi connectivity index (χ3v) is 2.37. The van der Waals surface area contributed by atoms with Crippen molar-refractivity contribution in [3.8, 4) is 6.07 Å². The van der Waals surface area contributed by atoms with E-state index in [1.807, 2.05) is 0 Å². The molecule has 5 nitrogen and oxygen atoms in total. The van der Waals surface area contributed by atoms with E-state index in [0.717, 1.165) is 12.8 Å². The van der Waals surface area contributed by atoms with Crippen molar-refractivity contribution in [3.05, 3.63) is 0 Å². The SMILES string of the molecule is CC(=O)CNCC(=O)N1CCC[C@H]1C#N. The first-order valence-electron chi connectivity index (χ1n) is 5.04. The molecule has 0 aromatic carbocycles. The second kappa shape index (κ2) is 5.47. The first kappa shape index (κ1) is 11.7. The van der Waals surface area contributed by atoms with Crippen LogP contribution in [0, 0.1) is 11.3 Å². The minimum atomic E-state index is -0.281. The highest BCUT2D eigenvalue weighted by atomic mass is 16.2. The van der Waals surface area contributed by atoms with Crippen molar-refractivity contribution in [3.63, 3.8) is 0 Å². The lowest BCUT2D eigenvalue weighted by Gasteiger charge is -2.19. The predicted octanol–water partition coefficient (Wildman–Crippen LogP) is -0.320. The molecule has 0 spiro atoms. The summed E-state index contributed by atoms with van der Waals surface area (Å²) < 4.78 is 0. The molecule has 1 saturated heterocycles. The highest BCUT2D eigenvalue weighted by molar-refractivity contribution is 5.81. The minimum absolute atomic E-state index is 0.000977. The van der Waals surface area contributed by atoms with Gasteiger partial charge in [-0.3, -0.25) is 9.59 Å². The number of nitriles is 1. The molecule has 1 fully saturated rings. The molecule has 1 aliphatic heterocycles. The summed E-state index contributed by atoms with van der Waals surface area (Å²) >= 11 is 0. The lowest BCUT2D eigenvalue weighted by molar-refractivity contribution is -0.130. The maximum absolute atomic E-state index is 11.6. The molecule has 0 radical (unpaired) electrons. The van der Waals surface area contributed by atoms with Crippen LogP contribution in [0.5, 0.6) is 0 Å². The van der Waals surface area contributed by atoms with E-state index in [1.54, 1.807) is 4.90 Å². The van der Waals surface area contributed by atoms with Crippen molar-refractivity contribution < 1.29 is 9.59 Å². The molecule has 1 aliphatic rings. The number of amides is 1. The molecule has 1 heterocycles. The average Bonchev–Trinajstić information content (AvgIpc) is 2.64.